The number of aromatic nitrogens is 3. The maximum Gasteiger partial charge on any atom is 0.212 e. The molecule has 0 aliphatic heterocycles. The second-order valence-corrected chi connectivity index (χ2v) is 12.6. The molecule has 3 nitrogen and oxygen atoms in total. The first kappa shape index (κ1) is 27.6. The molecule has 0 radical (unpaired) electrons. The molecular formula is C45H26FN3. The van der Waals surface area contributed by atoms with Crippen LogP contribution in [0, 0.1) is 5.95 Å². The molecule has 228 valence electrons. The lowest BCUT2D eigenvalue weighted by Gasteiger charge is -2.15. The molecule has 0 saturated heterocycles. The van der Waals surface area contributed by atoms with Crippen LogP contribution in [0.4, 0.5) is 4.39 Å². The van der Waals surface area contributed by atoms with Gasteiger partial charge in [0.05, 0.1) is 22.4 Å². The number of nitrogens with zero attached hydrogens (tertiary/aromatic N) is 3. The summed E-state index contributed by atoms with van der Waals surface area (Å²) in [4.78, 5) is 14.2. The average molecular weight is 628 g/mol. The van der Waals surface area contributed by atoms with Crippen molar-refractivity contribution in [3.63, 3.8) is 0 Å². The summed E-state index contributed by atoms with van der Waals surface area (Å²) in [7, 11) is 0. The summed E-state index contributed by atoms with van der Waals surface area (Å²) >= 11 is 0. The summed E-state index contributed by atoms with van der Waals surface area (Å²) in [5, 5.41) is 9.78. The highest BCUT2D eigenvalue weighted by Gasteiger charge is 2.14. The number of halogens is 1. The molecule has 10 aromatic rings. The second-order valence-electron chi connectivity index (χ2n) is 12.6. The van der Waals surface area contributed by atoms with Gasteiger partial charge in [-0.1, -0.05) is 121 Å². The van der Waals surface area contributed by atoms with Crippen LogP contribution in [0.1, 0.15) is 0 Å². The van der Waals surface area contributed by atoms with E-state index in [4.69, 9.17) is 9.97 Å². The van der Waals surface area contributed by atoms with Gasteiger partial charge in [0.1, 0.15) is 0 Å². The fraction of sp³-hybridized carbons (Fsp3) is 0. The largest absolute Gasteiger partial charge is 0.245 e. The first-order valence-electron chi connectivity index (χ1n) is 16.4. The zero-order chi connectivity index (χ0) is 32.5. The van der Waals surface area contributed by atoms with Gasteiger partial charge in [0.25, 0.3) is 0 Å². The summed E-state index contributed by atoms with van der Waals surface area (Å²) in [5.74, 6) is -0.485. The Morgan fingerprint density at radius 3 is 1.65 bits per heavy atom. The van der Waals surface area contributed by atoms with Crippen molar-refractivity contribution in [2.45, 2.75) is 0 Å². The van der Waals surface area contributed by atoms with Crippen molar-refractivity contribution < 1.29 is 4.39 Å². The third kappa shape index (κ3) is 4.53. The van der Waals surface area contributed by atoms with Crippen molar-refractivity contribution in [3.05, 3.63) is 164 Å². The Morgan fingerprint density at radius 2 is 0.939 bits per heavy atom. The minimum Gasteiger partial charge on any atom is -0.245 e. The molecule has 49 heavy (non-hydrogen) atoms. The zero-order valence-electron chi connectivity index (χ0n) is 26.2. The normalized spacial score (nSPS) is 11.8. The second kappa shape index (κ2) is 10.8. The molecule has 0 unspecified atom stereocenters. The highest BCUT2D eigenvalue weighted by Crippen LogP contribution is 2.40. The van der Waals surface area contributed by atoms with Crippen molar-refractivity contribution in [1.29, 1.82) is 0 Å². The molecule has 3 heterocycles. The molecule has 3 aromatic heterocycles. The Hall–Kier alpha value is -6.52. The van der Waals surface area contributed by atoms with E-state index in [1.165, 1.54) is 43.9 Å². The van der Waals surface area contributed by atoms with Crippen LogP contribution in [0.15, 0.2) is 158 Å². The smallest absolute Gasteiger partial charge is 0.212 e. The Morgan fingerprint density at radius 1 is 0.388 bits per heavy atom. The predicted octanol–water partition coefficient (Wildman–Crippen LogP) is 11.9. The number of fused-ring (bicyclic) bond motifs is 3. The lowest BCUT2D eigenvalue weighted by molar-refractivity contribution is 0.584. The van der Waals surface area contributed by atoms with E-state index >= 15 is 0 Å². The summed E-state index contributed by atoms with van der Waals surface area (Å²) < 4.78 is 13.3. The van der Waals surface area contributed by atoms with E-state index in [1.807, 2.05) is 30.3 Å². The van der Waals surface area contributed by atoms with Crippen LogP contribution in [-0.2, 0) is 0 Å². The van der Waals surface area contributed by atoms with Gasteiger partial charge in [-0.2, -0.15) is 4.39 Å². The topological polar surface area (TPSA) is 38.7 Å². The molecular weight excluding hydrogens is 602 g/mol. The highest BCUT2D eigenvalue weighted by molar-refractivity contribution is 6.25. The third-order valence-corrected chi connectivity index (χ3v) is 9.76. The molecule has 0 N–H and O–H groups in total. The van der Waals surface area contributed by atoms with Gasteiger partial charge in [-0.3, -0.25) is 0 Å². The van der Waals surface area contributed by atoms with E-state index in [-0.39, 0.29) is 0 Å². The monoisotopic (exact) mass is 627 g/mol. The first-order valence-corrected chi connectivity index (χ1v) is 16.4. The van der Waals surface area contributed by atoms with Crippen LogP contribution in [0.5, 0.6) is 0 Å². The highest BCUT2D eigenvalue weighted by atomic mass is 19.1. The summed E-state index contributed by atoms with van der Waals surface area (Å²) in [6.45, 7) is 0. The van der Waals surface area contributed by atoms with Gasteiger partial charge < -0.3 is 0 Å². The van der Waals surface area contributed by atoms with E-state index < -0.39 is 5.95 Å². The van der Waals surface area contributed by atoms with Crippen LogP contribution in [0.2, 0.25) is 0 Å². The van der Waals surface area contributed by atoms with Crippen molar-refractivity contribution in [2.75, 3.05) is 0 Å². The molecule has 0 amide bonds. The van der Waals surface area contributed by atoms with Crippen molar-refractivity contribution >= 4 is 54.1 Å². The summed E-state index contributed by atoms with van der Waals surface area (Å²) in [5.41, 5.74) is 9.78. The number of hydrogen-bond acceptors (Lipinski definition) is 3. The van der Waals surface area contributed by atoms with Crippen LogP contribution in [0.3, 0.4) is 0 Å². The van der Waals surface area contributed by atoms with Gasteiger partial charge in [-0.25, -0.2) is 15.0 Å². The van der Waals surface area contributed by atoms with E-state index in [9.17, 15) is 4.39 Å². The molecule has 10 rings (SSSR count). The molecule has 0 aliphatic rings. The van der Waals surface area contributed by atoms with E-state index in [1.54, 1.807) is 12.3 Å². The third-order valence-electron chi connectivity index (χ3n) is 9.76. The van der Waals surface area contributed by atoms with Gasteiger partial charge in [-0.05, 0) is 79.3 Å². The molecule has 0 fully saturated rings. The van der Waals surface area contributed by atoms with Gasteiger partial charge in [0, 0.05) is 33.7 Å². The number of rotatable bonds is 4. The molecule has 0 saturated carbocycles. The number of hydrogen-bond donors (Lipinski definition) is 0. The zero-order valence-corrected chi connectivity index (χ0v) is 26.2. The SMILES string of the molecule is Fc1ccc(-c2ccc(-c3ccc4ccc5ccc(-c6cccc(-c7ccc8ccc9cccc%10ccc7c8c9%10)c6)nc5c4n3)cc2)cn1. The average Bonchev–Trinajstić information content (AvgIpc) is 3.17. The Kier molecular flexibility index (Phi) is 6.06. The lowest BCUT2D eigenvalue weighted by atomic mass is 9.89. The van der Waals surface area contributed by atoms with Crippen LogP contribution >= 0.6 is 0 Å². The maximum absolute atomic E-state index is 13.3. The quantitative estimate of drug-likeness (QED) is 0.144. The van der Waals surface area contributed by atoms with Gasteiger partial charge in [0.15, 0.2) is 0 Å². The van der Waals surface area contributed by atoms with E-state index in [0.717, 1.165) is 61.0 Å². The fourth-order valence-electron chi connectivity index (χ4n) is 7.30. The minimum atomic E-state index is -0.485. The van der Waals surface area contributed by atoms with Gasteiger partial charge in [-0.15, -0.1) is 0 Å². The fourth-order valence-corrected chi connectivity index (χ4v) is 7.30. The minimum absolute atomic E-state index is 0.485. The standard InChI is InChI=1S/C45H26FN3/c46-41-24-19-36(26-47-41)27-7-9-28(10-8-27)39-22-17-32-13-14-33-18-23-40(49-45(33)44(32)48-39)35-6-2-5-34(25-35)37-20-15-31-12-11-29-3-1-4-30-16-21-38(37)43(31)42(29)30/h1-26H. The summed E-state index contributed by atoms with van der Waals surface area (Å²) in [6, 6.07) is 52.5. The van der Waals surface area contributed by atoms with Gasteiger partial charge in [0.2, 0.25) is 5.95 Å². The van der Waals surface area contributed by atoms with Crippen LogP contribution in [-0.4, -0.2) is 15.0 Å². The summed E-state index contributed by atoms with van der Waals surface area (Å²) in [6.07, 6.45) is 1.55. The van der Waals surface area contributed by atoms with Crippen LogP contribution in [0.25, 0.3) is 98.9 Å². The van der Waals surface area contributed by atoms with Crippen molar-refractivity contribution in [1.82, 2.24) is 15.0 Å². The van der Waals surface area contributed by atoms with Gasteiger partial charge >= 0.3 is 0 Å². The Labute approximate surface area is 281 Å². The Balaban J connectivity index is 1.06. The van der Waals surface area contributed by atoms with Crippen molar-refractivity contribution in [3.8, 4) is 44.8 Å². The molecule has 0 atom stereocenters. The molecule has 4 heteroatoms. The molecule has 0 bridgehead atoms. The molecule has 0 spiro atoms. The molecule has 0 aliphatic carbocycles. The number of benzene rings is 7. The molecule has 7 aromatic carbocycles. The Bertz CT molecular complexity index is 2860. The van der Waals surface area contributed by atoms with Crippen LogP contribution < -0.4 is 0 Å². The van der Waals surface area contributed by atoms with E-state index in [0.29, 0.717) is 0 Å². The van der Waals surface area contributed by atoms with E-state index in [2.05, 4.69) is 114 Å². The first-order chi connectivity index (χ1) is 24.2. The predicted molar refractivity (Wildman–Crippen MR) is 200 cm³/mol. The lowest BCUT2D eigenvalue weighted by Crippen LogP contribution is -1.92. The van der Waals surface area contributed by atoms with Crippen molar-refractivity contribution in [2.24, 2.45) is 0 Å². The number of pyridine rings is 3. The maximum atomic E-state index is 13.3.